The maximum atomic E-state index is 11.7. The lowest BCUT2D eigenvalue weighted by Gasteiger charge is -2.21. The van der Waals surface area contributed by atoms with E-state index in [1.54, 1.807) is 0 Å². The van der Waals surface area contributed by atoms with Crippen LogP contribution in [-0.2, 0) is 4.79 Å². The van der Waals surface area contributed by atoms with E-state index in [4.69, 9.17) is 0 Å². The van der Waals surface area contributed by atoms with Gasteiger partial charge in [-0.05, 0) is 68.0 Å². The number of hydrogen-bond acceptors (Lipinski definition) is 2. The van der Waals surface area contributed by atoms with Crippen LogP contribution in [0.5, 0.6) is 0 Å². The van der Waals surface area contributed by atoms with Crippen LogP contribution in [0.1, 0.15) is 39.3 Å². The van der Waals surface area contributed by atoms with Gasteiger partial charge < -0.3 is 10.6 Å². The minimum atomic E-state index is -0.176. The number of amides is 1. The van der Waals surface area contributed by atoms with Gasteiger partial charge in [-0.2, -0.15) is 0 Å². The fourth-order valence-electron chi connectivity index (χ4n) is 1.58. The summed E-state index contributed by atoms with van der Waals surface area (Å²) in [6, 6.07) is 8.49. The number of rotatable bonds is 4. The summed E-state index contributed by atoms with van der Waals surface area (Å²) in [6.45, 7) is 8.34. The molecule has 2 N–H and O–H groups in total. The van der Waals surface area contributed by atoms with Crippen molar-refractivity contribution < 1.29 is 4.79 Å². The predicted molar refractivity (Wildman–Crippen MR) is 83.5 cm³/mol. The van der Waals surface area contributed by atoms with Crippen LogP contribution in [0, 0.1) is 3.57 Å². The summed E-state index contributed by atoms with van der Waals surface area (Å²) in [6.07, 6.45) is 0. The lowest BCUT2D eigenvalue weighted by Crippen LogP contribution is -2.45. The van der Waals surface area contributed by atoms with Gasteiger partial charge in [-0.25, -0.2) is 0 Å². The molecule has 100 valence electrons. The molecule has 3 nitrogen and oxygen atoms in total. The van der Waals surface area contributed by atoms with Gasteiger partial charge in [0.25, 0.3) is 0 Å². The highest BCUT2D eigenvalue weighted by Gasteiger charge is 2.14. The van der Waals surface area contributed by atoms with Gasteiger partial charge in [-0.15, -0.1) is 0 Å². The largest absolute Gasteiger partial charge is 0.350 e. The normalized spacial score (nSPS) is 13.2. The quantitative estimate of drug-likeness (QED) is 0.811. The number of carbonyl (C=O) groups is 1. The molecule has 18 heavy (non-hydrogen) atoms. The summed E-state index contributed by atoms with van der Waals surface area (Å²) in [4.78, 5) is 11.7. The van der Waals surface area contributed by atoms with Crippen LogP contribution >= 0.6 is 22.6 Å². The summed E-state index contributed by atoms with van der Waals surface area (Å²) in [7, 11) is 0. The molecule has 0 aromatic heterocycles. The molecular formula is C14H21IN2O. The summed E-state index contributed by atoms with van der Waals surface area (Å²) < 4.78 is 1.22. The molecule has 4 heteroatoms. The third kappa shape index (κ3) is 5.82. The lowest BCUT2D eigenvalue weighted by molar-refractivity contribution is -0.121. The van der Waals surface area contributed by atoms with E-state index in [2.05, 4.69) is 64.4 Å². The topological polar surface area (TPSA) is 41.1 Å². The summed E-state index contributed by atoms with van der Waals surface area (Å²) >= 11 is 2.28. The lowest BCUT2D eigenvalue weighted by atomic mass is 10.1. The standard InChI is InChI=1S/C14H21IN2O/c1-10(11-5-7-12(15)8-6-11)16-9-13(18)17-14(2,3)4/h5-8,10,16H,9H2,1-4H3,(H,17,18). The minimum Gasteiger partial charge on any atom is -0.350 e. The van der Waals surface area contributed by atoms with Gasteiger partial charge in [0, 0.05) is 15.2 Å². The van der Waals surface area contributed by atoms with Crippen LogP contribution in [0.15, 0.2) is 24.3 Å². The molecule has 0 heterocycles. The van der Waals surface area contributed by atoms with Crippen molar-refractivity contribution in [3.05, 3.63) is 33.4 Å². The fourth-order valence-corrected chi connectivity index (χ4v) is 1.94. The van der Waals surface area contributed by atoms with Gasteiger partial charge in [-0.3, -0.25) is 4.79 Å². The first-order valence-electron chi connectivity index (χ1n) is 6.08. The molecule has 1 aromatic carbocycles. The molecule has 0 fully saturated rings. The Balaban J connectivity index is 2.44. The first-order valence-corrected chi connectivity index (χ1v) is 7.16. The predicted octanol–water partition coefficient (Wildman–Crippen LogP) is 2.86. The Morgan fingerprint density at radius 2 is 1.83 bits per heavy atom. The highest BCUT2D eigenvalue weighted by atomic mass is 127. The molecule has 0 saturated carbocycles. The Bertz CT molecular complexity index is 395. The SMILES string of the molecule is CC(NCC(=O)NC(C)(C)C)c1ccc(I)cc1. The van der Waals surface area contributed by atoms with Crippen molar-refractivity contribution >= 4 is 28.5 Å². The van der Waals surface area contributed by atoms with E-state index >= 15 is 0 Å². The van der Waals surface area contributed by atoms with Crippen molar-refractivity contribution in [2.75, 3.05) is 6.54 Å². The summed E-state index contributed by atoms with van der Waals surface area (Å²) in [5, 5.41) is 6.16. The molecule has 1 amide bonds. The third-order valence-corrected chi connectivity index (χ3v) is 3.17. The number of hydrogen-bond donors (Lipinski definition) is 2. The smallest absolute Gasteiger partial charge is 0.234 e. The molecule has 0 aliphatic carbocycles. The number of halogens is 1. The maximum Gasteiger partial charge on any atom is 0.234 e. The van der Waals surface area contributed by atoms with E-state index in [-0.39, 0.29) is 17.5 Å². The van der Waals surface area contributed by atoms with Gasteiger partial charge in [-0.1, -0.05) is 12.1 Å². The second kappa shape index (κ2) is 6.52. The zero-order chi connectivity index (χ0) is 13.8. The van der Waals surface area contributed by atoms with Crippen molar-refractivity contribution in [3.63, 3.8) is 0 Å². The highest BCUT2D eigenvalue weighted by molar-refractivity contribution is 14.1. The van der Waals surface area contributed by atoms with Crippen molar-refractivity contribution in [1.29, 1.82) is 0 Å². The Morgan fingerprint density at radius 1 is 1.28 bits per heavy atom. The second-order valence-electron chi connectivity index (χ2n) is 5.45. The van der Waals surface area contributed by atoms with Crippen LogP contribution in [0.3, 0.4) is 0 Å². The number of benzene rings is 1. The Morgan fingerprint density at radius 3 is 2.33 bits per heavy atom. The van der Waals surface area contributed by atoms with Crippen LogP contribution in [-0.4, -0.2) is 18.0 Å². The van der Waals surface area contributed by atoms with E-state index in [9.17, 15) is 4.79 Å². The molecule has 1 atom stereocenters. The van der Waals surface area contributed by atoms with Crippen molar-refractivity contribution in [3.8, 4) is 0 Å². The molecule has 0 aliphatic rings. The molecule has 0 spiro atoms. The monoisotopic (exact) mass is 360 g/mol. The van der Waals surface area contributed by atoms with Gasteiger partial charge in [0.1, 0.15) is 0 Å². The van der Waals surface area contributed by atoms with Gasteiger partial charge >= 0.3 is 0 Å². The molecule has 0 saturated heterocycles. The molecule has 0 aliphatic heterocycles. The molecule has 0 bridgehead atoms. The second-order valence-corrected chi connectivity index (χ2v) is 6.70. The van der Waals surface area contributed by atoms with Crippen molar-refractivity contribution in [2.24, 2.45) is 0 Å². The van der Waals surface area contributed by atoms with Crippen LogP contribution < -0.4 is 10.6 Å². The first-order chi connectivity index (χ1) is 8.28. The zero-order valence-electron chi connectivity index (χ0n) is 11.4. The summed E-state index contributed by atoms with van der Waals surface area (Å²) in [5.74, 6) is 0.0276. The van der Waals surface area contributed by atoms with E-state index in [1.165, 1.54) is 9.13 Å². The Kier molecular flexibility index (Phi) is 5.59. The van der Waals surface area contributed by atoms with Crippen molar-refractivity contribution in [2.45, 2.75) is 39.3 Å². The molecular weight excluding hydrogens is 339 g/mol. The minimum absolute atomic E-state index is 0.0276. The van der Waals surface area contributed by atoms with E-state index in [1.807, 2.05) is 20.8 Å². The fraction of sp³-hybridized carbons (Fsp3) is 0.500. The van der Waals surface area contributed by atoms with Crippen molar-refractivity contribution in [1.82, 2.24) is 10.6 Å². The van der Waals surface area contributed by atoms with Crippen LogP contribution in [0.2, 0.25) is 0 Å². The molecule has 1 rings (SSSR count). The van der Waals surface area contributed by atoms with E-state index in [0.29, 0.717) is 6.54 Å². The number of carbonyl (C=O) groups excluding carboxylic acids is 1. The average molecular weight is 360 g/mol. The zero-order valence-corrected chi connectivity index (χ0v) is 13.5. The Labute approximate surface area is 123 Å². The van der Waals surface area contributed by atoms with Crippen LogP contribution in [0.25, 0.3) is 0 Å². The first kappa shape index (κ1) is 15.4. The van der Waals surface area contributed by atoms with E-state index < -0.39 is 0 Å². The van der Waals surface area contributed by atoms with Gasteiger partial charge in [0.2, 0.25) is 5.91 Å². The van der Waals surface area contributed by atoms with Gasteiger partial charge in [0.05, 0.1) is 6.54 Å². The maximum absolute atomic E-state index is 11.7. The third-order valence-electron chi connectivity index (χ3n) is 2.45. The summed E-state index contributed by atoms with van der Waals surface area (Å²) in [5.41, 5.74) is 1.02. The van der Waals surface area contributed by atoms with Crippen LogP contribution in [0.4, 0.5) is 0 Å². The average Bonchev–Trinajstić information content (AvgIpc) is 2.24. The Hall–Kier alpha value is -0.620. The number of nitrogens with one attached hydrogen (secondary N) is 2. The van der Waals surface area contributed by atoms with Gasteiger partial charge in [0.15, 0.2) is 0 Å². The molecule has 0 radical (unpaired) electrons. The highest BCUT2D eigenvalue weighted by Crippen LogP contribution is 2.14. The molecule has 1 unspecified atom stereocenters. The van der Waals surface area contributed by atoms with E-state index in [0.717, 1.165) is 0 Å². The molecule has 1 aromatic rings.